The van der Waals surface area contributed by atoms with E-state index in [1.54, 1.807) is 4.90 Å². The van der Waals surface area contributed by atoms with Gasteiger partial charge in [-0.05, 0) is 12.8 Å². The molecule has 0 atom stereocenters. The van der Waals surface area contributed by atoms with E-state index in [-0.39, 0.29) is 17.7 Å². The number of nitrogens with zero attached hydrogens (tertiary/aromatic N) is 3. The van der Waals surface area contributed by atoms with Crippen molar-refractivity contribution < 1.29 is 24.3 Å². The van der Waals surface area contributed by atoms with Crippen LogP contribution in [0.25, 0.3) is 0 Å². The second-order valence-corrected chi connectivity index (χ2v) is 5.62. The maximum absolute atomic E-state index is 12.0. The minimum atomic E-state index is -0.947. The minimum Gasteiger partial charge on any atom is -0.465 e. The van der Waals surface area contributed by atoms with E-state index in [9.17, 15) is 19.2 Å². The standard InChI is InChI=1S/C15H21N3O5/c19-12(16-8-10-17(11-9-16)15(22)23)4-2-1-3-7-18-13(20)5-6-14(18)21/h5-6H,1-4,7-11H2,(H,22,23). The molecule has 0 aromatic heterocycles. The normalized spacial score (nSPS) is 18.0. The van der Waals surface area contributed by atoms with Gasteiger partial charge in [-0.2, -0.15) is 0 Å². The molecule has 1 saturated heterocycles. The molecule has 2 aliphatic heterocycles. The monoisotopic (exact) mass is 323 g/mol. The Hall–Kier alpha value is -2.38. The van der Waals surface area contributed by atoms with Crippen molar-refractivity contribution in [3.8, 4) is 0 Å². The maximum Gasteiger partial charge on any atom is 0.407 e. The van der Waals surface area contributed by atoms with Gasteiger partial charge in [0, 0.05) is 51.3 Å². The zero-order valence-electron chi connectivity index (χ0n) is 12.9. The van der Waals surface area contributed by atoms with Crippen LogP contribution in [0.15, 0.2) is 12.2 Å². The molecule has 0 radical (unpaired) electrons. The molecular weight excluding hydrogens is 302 g/mol. The number of rotatable bonds is 6. The Balaban J connectivity index is 1.58. The molecule has 0 spiro atoms. The Bertz CT molecular complexity index is 505. The molecule has 0 aromatic rings. The van der Waals surface area contributed by atoms with E-state index in [1.807, 2.05) is 0 Å². The first-order valence-corrected chi connectivity index (χ1v) is 7.78. The molecule has 2 heterocycles. The van der Waals surface area contributed by atoms with Crippen LogP contribution in [0.1, 0.15) is 25.7 Å². The molecule has 0 aromatic carbocycles. The molecule has 1 fully saturated rings. The summed E-state index contributed by atoms with van der Waals surface area (Å²) in [7, 11) is 0. The van der Waals surface area contributed by atoms with Crippen molar-refractivity contribution in [2.45, 2.75) is 25.7 Å². The summed E-state index contributed by atoms with van der Waals surface area (Å²) in [5.41, 5.74) is 0. The summed E-state index contributed by atoms with van der Waals surface area (Å²) in [4.78, 5) is 49.7. The predicted molar refractivity (Wildman–Crippen MR) is 80.5 cm³/mol. The van der Waals surface area contributed by atoms with Crippen LogP contribution in [0.3, 0.4) is 0 Å². The highest BCUT2D eigenvalue weighted by Crippen LogP contribution is 2.10. The number of imide groups is 1. The topological polar surface area (TPSA) is 98.2 Å². The van der Waals surface area contributed by atoms with Crippen LogP contribution in [-0.4, -0.2) is 76.3 Å². The molecule has 4 amide bonds. The van der Waals surface area contributed by atoms with Crippen LogP contribution in [0, 0.1) is 0 Å². The van der Waals surface area contributed by atoms with Crippen molar-refractivity contribution in [1.82, 2.24) is 14.7 Å². The van der Waals surface area contributed by atoms with Crippen molar-refractivity contribution >= 4 is 23.8 Å². The quantitative estimate of drug-likeness (QED) is 0.560. The average Bonchev–Trinajstić information content (AvgIpc) is 2.86. The highest BCUT2D eigenvalue weighted by atomic mass is 16.4. The molecule has 2 aliphatic rings. The lowest BCUT2D eigenvalue weighted by Crippen LogP contribution is -2.50. The number of carbonyl (C=O) groups is 4. The number of amides is 4. The third kappa shape index (κ3) is 4.54. The van der Waals surface area contributed by atoms with Crippen LogP contribution in [0.2, 0.25) is 0 Å². The molecule has 0 aliphatic carbocycles. The summed E-state index contributed by atoms with van der Waals surface area (Å²) >= 11 is 0. The fourth-order valence-electron chi connectivity index (χ4n) is 2.68. The summed E-state index contributed by atoms with van der Waals surface area (Å²) in [5.74, 6) is -0.519. The largest absolute Gasteiger partial charge is 0.465 e. The second-order valence-electron chi connectivity index (χ2n) is 5.62. The van der Waals surface area contributed by atoms with Crippen LogP contribution in [-0.2, 0) is 14.4 Å². The SMILES string of the molecule is O=C(O)N1CCN(C(=O)CCCCCN2C(=O)C=CC2=O)CC1. The zero-order valence-corrected chi connectivity index (χ0v) is 12.9. The van der Waals surface area contributed by atoms with Crippen molar-refractivity contribution in [2.75, 3.05) is 32.7 Å². The van der Waals surface area contributed by atoms with Crippen molar-refractivity contribution in [3.05, 3.63) is 12.2 Å². The molecule has 1 N–H and O–H groups in total. The van der Waals surface area contributed by atoms with Gasteiger partial charge in [0.2, 0.25) is 5.91 Å². The molecule has 8 heteroatoms. The van der Waals surface area contributed by atoms with Gasteiger partial charge < -0.3 is 14.9 Å². The third-order valence-electron chi connectivity index (χ3n) is 4.08. The van der Waals surface area contributed by atoms with Gasteiger partial charge in [-0.15, -0.1) is 0 Å². The summed E-state index contributed by atoms with van der Waals surface area (Å²) in [6.45, 7) is 1.97. The third-order valence-corrected chi connectivity index (χ3v) is 4.08. The Kier molecular flexibility index (Phi) is 5.72. The maximum atomic E-state index is 12.0. The molecule has 126 valence electrons. The van der Waals surface area contributed by atoms with Crippen molar-refractivity contribution in [1.29, 1.82) is 0 Å². The van der Waals surface area contributed by atoms with Crippen molar-refractivity contribution in [2.24, 2.45) is 0 Å². The number of hydrogen-bond donors (Lipinski definition) is 1. The van der Waals surface area contributed by atoms with Gasteiger partial charge in [-0.25, -0.2) is 4.79 Å². The molecular formula is C15H21N3O5. The van der Waals surface area contributed by atoms with E-state index in [4.69, 9.17) is 5.11 Å². The van der Waals surface area contributed by atoms with Crippen molar-refractivity contribution in [3.63, 3.8) is 0 Å². The Labute approximate surface area is 134 Å². The van der Waals surface area contributed by atoms with Crippen LogP contribution < -0.4 is 0 Å². The Morgan fingerprint density at radius 1 is 0.913 bits per heavy atom. The highest BCUT2D eigenvalue weighted by molar-refractivity contribution is 6.12. The molecule has 0 unspecified atom stereocenters. The number of carbonyl (C=O) groups excluding carboxylic acids is 3. The molecule has 8 nitrogen and oxygen atoms in total. The van der Waals surface area contributed by atoms with Gasteiger partial charge in [0.15, 0.2) is 0 Å². The molecule has 2 rings (SSSR count). The lowest BCUT2D eigenvalue weighted by atomic mass is 10.1. The van der Waals surface area contributed by atoms with Gasteiger partial charge in [-0.3, -0.25) is 19.3 Å². The van der Waals surface area contributed by atoms with Crippen LogP contribution in [0.5, 0.6) is 0 Å². The summed E-state index contributed by atoms with van der Waals surface area (Å²) < 4.78 is 0. The van der Waals surface area contributed by atoms with E-state index >= 15 is 0 Å². The summed E-state index contributed by atoms with van der Waals surface area (Å²) in [5, 5.41) is 8.86. The van der Waals surface area contributed by atoms with Crippen LogP contribution >= 0.6 is 0 Å². The van der Waals surface area contributed by atoms with Gasteiger partial charge >= 0.3 is 6.09 Å². The fraction of sp³-hybridized carbons (Fsp3) is 0.600. The molecule has 0 saturated carbocycles. The fourth-order valence-corrected chi connectivity index (χ4v) is 2.68. The molecule has 0 bridgehead atoms. The van der Waals surface area contributed by atoms with E-state index < -0.39 is 6.09 Å². The highest BCUT2D eigenvalue weighted by Gasteiger charge is 2.24. The first-order chi connectivity index (χ1) is 11.0. The number of piperazine rings is 1. The number of carboxylic acid groups (broad SMARTS) is 1. The predicted octanol–water partition coefficient (Wildman–Crippen LogP) is 0.294. The van der Waals surface area contributed by atoms with E-state index in [1.165, 1.54) is 22.0 Å². The van der Waals surface area contributed by atoms with Gasteiger partial charge in [0.05, 0.1) is 0 Å². The lowest BCUT2D eigenvalue weighted by Gasteiger charge is -2.33. The average molecular weight is 323 g/mol. The minimum absolute atomic E-state index is 0.0324. The first-order valence-electron chi connectivity index (χ1n) is 7.78. The van der Waals surface area contributed by atoms with Crippen LogP contribution in [0.4, 0.5) is 4.79 Å². The lowest BCUT2D eigenvalue weighted by molar-refractivity contribution is -0.137. The summed E-state index contributed by atoms with van der Waals surface area (Å²) in [6, 6.07) is 0. The first kappa shape index (κ1) is 17.0. The Morgan fingerprint density at radius 3 is 2.04 bits per heavy atom. The smallest absolute Gasteiger partial charge is 0.407 e. The molecule has 23 heavy (non-hydrogen) atoms. The number of hydrogen-bond acceptors (Lipinski definition) is 4. The Morgan fingerprint density at radius 2 is 1.48 bits per heavy atom. The van der Waals surface area contributed by atoms with E-state index in [0.717, 1.165) is 6.42 Å². The van der Waals surface area contributed by atoms with E-state index in [2.05, 4.69) is 0 Å². The van der Waals surface area contributed by atoms with Gasteiger partial charge in [0.1, 0.15) is 0 Å². The second kappa shape index (κ2) is 7.75. The van der Waals surface area contributed by atoms with Gasteiger partial charge in [-0.1, -0.05) is 6.42 Å². The van der Waals surface area contributed by atoms with Gasteiger partial charge in [0.25, 0.3) is 11.8 Å². The zero-order chi connectivity index (χ0) is 16.8. The summed E-state index contributed by atoms with van der Waals surface area (Å²) in [6.07, 6.45) is 4.13. The van der Waals surface area contributed by atoms with E-state index in [0.29, 0.717) is 52.0 Å². The number of unbranched alkanes of at least 4 members (excludes halogenated alkanes) is 2.